The second kappa shape index (κ2) is 4.92. The number of aliphatic imine (C=N–C) groups is 1. The van der Waals surface area contributed by atoms with Crippen molar-refractivity contribution in [3.63, 3.8) is 0 Å². The molecule has 2 aliphatic rings. The van der Waals surface area contributed by atoms with Crippen molar-refractivity contribution in [3.05, 3.63) is 0 Å². The van der Waals surface area contributed by atoms with E-state index < -0.39 is 0 Å². The summed E-state index contributed by atoms with van der Waals surface area (Å²) in [6.07, 6.45) is 5.00. The topological polar surface area (TPSA) is 41.5 Å². The molecule has 3 nitrogen and oxygen atoms in total. The van der Waals surface area contributed by atoms with Crippen molar-refractivity contribution in [2.75, 3.05) is 0 Å². The van der Waals surface area contributed by atoms with E-state index in [1.807, 2.05) is 6.92 Å². The van der Waals surface area contributed by atoms with Gasteiger partial charge in [-0.15, -0.1) is 0 Å². The lowest BCUT2D eigenvalue weighted by Crippen LogP contribution is -2.60. The van der Waals surface area contributed by atoms with Gasteiger partial charge in [-0.05, 0) is 52.4 Å². The van der Waals surface area contributed by atoms with Crippen LogP contribution in [0.5, 0.6) is 0 Å². The first-order valence-electron chi connectivity index (χ1n) is 7.72. The van der Waals surface area contributed by atoms with E-state index in [1.165, 1.54) is 18.6 Å². The molecule has 19 heavy (non-hydrogen) atoms. The Morgan fingerprint density at radius 3 is 2.63 bits per heavy atom. The minimum atomic E-state index is -0.0884. The number of amides is 1. The highest BCUT2D eigenvalue weighted by atomic mass is 16.1. The summed E-state index contributed by atoms with van der Waals surface area (Å²) in [5.41, 5.74) is 1.30. The van der Waals surface area contributed by atoms with Crippen molar-refractivity contribution in [2.45, 2.75) is 77.8 Å². The normalized spacial score (nSPS) is 36.6. The van der Waals surface area contributed by atoms with Crippen LogP contribution in [0.3, 0.4) is 0 Å². The van der Waals surface area contributed by atoms with Gasteiger partial charge in [0.25, 0.3) is 0 Å². The summed E-state index contributed by atoms with van der Waals surface area (Å²) < 4.78 is 0. The molecular weight excluding hydrogens is 236 g/mol. The third-order valence-corrected chi connectivity index (χ3v) is 5.24. The number of carbonyl (C=O) groups is 1. The molecule has 0 spiro atoms. The van der Waals surface area contributed by atoms with Gasteiger partial charge < -0.3 is 5.32 Å². The Labute approximate surface area is 117 Å². The van der Waals surface area contributed by atoms with Crippen molar-refractivity contribution in [2.24, 2.45) is 16.8 Å². The molecule has 1 aliphatic carbocycles. The van der Waals surface area contributed by atoms with Gasteiger partial charge >= 0.3 is 0 Å². The Morgan fingerprint density at radius 1 is 1.37 bits per heavy atom. The predicted molar refractivity (Wildman–Crippen MR) is 79.5 cm³/mol. The molecule has 2 bridgehead atoms. The van der Waals surface area contributed by atoms with E-state index in [2.05, 4.69) is 33.0 Å². The minimum Gasteiger partial charge on any atom is -0.350 e. The molecule has 1 fully saturated rings. The van der Waals surface area contributed by atoms with Gasteiger partial charge in [0.2, 0.25) is 5.91 Å². The van der Waals surface area contributed by atoms with Crippen LogP contribution in [-0.2, 0) is 4.79 Å². The fourth-order valence-electron chi connectivity index (χ4n) is 3.88. The molecule has 0 aromatic carbocycles. The Bertz CT molecular complexity index is 400. The van der Waals surface area contributed by atoms with E-state index in [1.54, 1.807) is 0 Å². The summed E-state index contributed by atoms with van der Waals surface area (Å²) >= 11 is 0. The van der Waals surface area contributed by atoms with Gasteiger partial charge in [-0.2, -0.15) is 0 Å². The van der Waals surface area contributed by atoms with Gasteiger partial charge in [-0.3, -0.25) is 9.79 Å². The molecule has 0 radical (unpaired) electrons. The first-order valence-corrected chi connectivity index (χ1v) is 7.72. The maximum Gasteiger partial charge on any atom is 0.220 e. The number of hydrogen-bond acceptors (Lipinski definition) is 2. The van der Waals surface area contributed by atoms with Crippen LogP contribution in [0.1, 0.15) is 66.7 Å². The number of carbonyl (C=O) groups excluding carboxylic acids is 1. The van der Waals surface area contributed by atoms with Crippen LogP contribution in [0.2, 0.25) is 0 Å². The predicted octanol–water partition coefficient (Wildman–Crippen LogP) is 3.33. The number of nitrogens with one attached hydrogen (secondary N) is 1. The Morgan fingerprint density at radius 2 is 2.05 bits per heavy atom. The molecule has 1 aliphatic heterocycles. The lowest BCUT2D eigenvalue weighted by Gasteiger charge is -2.52. The summed E-state index contributed by atoms with van der Waals surface area (Å²) in [4.78, 5) is 16.8. The second-order valence-electron chi connectivity index (χ2n) is 6.95. The van der Waals surface area contributed by atoms with Crippen LogP contribution >= 0.6 is 0 Å². The lowest BCUT2D eigenvalue weighted by atomic mass is 9.61. The van der Waals surface area contributed by atoms with Gasteiger partial charge in [-0.1, -0.05) is 13.8 Å². The Kier molecular flexibility index (Phi) is 3.76. The van der Waals surface area contributed by atoms with Gasteiger partial charge in [-0.25, -0.2) is 0 Å². The average Bonchev–Trinajstić information content (AvgIpc) is 2.35. The fourth-order valence-corrected chi connectivity index (χ4v) is 3.88. The molecule has 108 valence electrons. The molecule has 1 amide bonds. The van der Waals surface area contributed by atoms with Crippen molar-refractivity contribution in [1.29, 1.82) is 0 Å². The van der Waals surface area contributed by atoms with Crippen LogP contribution in [0.4, 0.5) is 0 Å². The Balaban J connectivity index is 2.30. The van der Waals surface area contributed by atoms with E-state index in [0.29, 0.717) is 18.3 Å². The van der Waals surface area contributed by atoms with Crippen LogP contribution < -0.4 is 5.32 Å². The average molecular weight is 264 g/mol. The molecule has 3 atom stereocenters. The first-order chi connectivity index (χ1) is 8.82. The molecule has 0 aromatic heterocycles. The van der Waals surface area contributed by atoms with E-state index in [-0.39, 0.29) is 17.0 Å². The largest absolute Gasteiger partial charge is 0.350 e. The number of fused-ring (bicyclic) bond motifs is 2. The van der Waals surface area contributed by atoms with E-state index in [0.717, 1.165) is 12.8 Å². The van der Waals surface area contributed by atoms with Gasteiger partial charge in [0.1, 0.15) is 0 Å². The Hall–Kier alpha value is -0.860. The molecule has 0 aromatic rings. The summed E-state index contributed by atoms with van der Waals surface area (Å²) in [6.45, 7) is 10.8. The van der Waals surface area contributed by atoms with E-state index in [4.69, 9.17) is 4.99 Å². The quantitative estimate of drug-likeness (QED) is 0.834. The number of hydrogen-bond donors (Lipinski definition) is 1. The van der Waals surface area contributed by atoms with Crippen LogP contribution in [0.25, 0.3) is 0 Å². The van der Waals surface area contributed by atoms with E-state index >= 15 is 0 Å². The number of rotatable bonds is 3. The molecule has 0 saturated heterocycles. The van der Waals surface area contributed by atoms with E-state index in [9.17, 15) is 4.79 Å². The SMILES string of the molecule is CCC(=O)N[C@]1(C)CC[C@H]2C[C@@H]1C(CC)=NC2(C)C. The summed E-state index contributed by atoms with van der Waals surface area (Å²) in [5, 5.41) is 3.27. The molecule has 3 heteroatoms. The van der Waals surface area contributed by atoms with Gasteiger partial charge in [0, 0.05) is 23.6 Å². The standard InChI is InChI=1S/C16H28N2O/c1-6-13-12-10-11(15(3,4)17-13)8-9-16(12,5)18-14(19)7-2/h11-12H,6-10H2,1-5H3,(H,18,19)/t11-,12+,16+/m0/s1. The smallest absolute Gasteiger partial charge is 0.220 e. The lowest BCUT2D eigenvalue weighted by molar-refractivity contribution is -0.123. The molecule has 0 unspecified atom stereocenters. The maximum absolute atomic E-state index is 11.8. The fraction of sp³-hybridized carbons (Fsp3) is 0.875. The molecule has 1 N–H and O–H groups in total. The van der Waals surface area contributed by atoms with Crippen molar-refractivity contribution >= 4 is 11.6 Å². The van der Waals surface area contributed by atoms with Crippen molar-refractivity contribution in [1.82, 2.24) is 5.32 Å². The van der Waals surface area contributed by atoms with Crippen molar-refractivity contribution in [3.8, 4) is 0 Å². The highest BCUT2D eigenvalue weighted by molar-refractivity contribution is 5.90. The molecule has 2 rings (SSSR count). The molecular formula is C16H28N2O. The molecule has 1 heterocycles. The van der Waals surface area contributed by atoms with Crippen LogP contribution in [-0.4, -0.2) is 22.7 Å². The summed E-state index contributed by atoms with van der Waals surface area (Å²) in [5.74, 6) is 1.26. The number of nitrogens with zero attached hydrogens (tertiary/aromatic N) is 1. The third-order valence-electron chi connectivity index (χ3n) is 5.24. The van der Waals surface area contributed by atoms with Crippen LogP contribution in [0, 0.1) is 11.8 Å². The highest BCUT2D eigenvalue weighted by Crippen LogP contribution is 2.47. The van der Waals surface area contributed by atoms with Gasteiger partial charge in [0.15, 0.2) is 0 Å². The molecule has 1 saturated carbocycles. The summed E-state index contributed by atoms with van der Waals surface area (Å²) in [7, 11) is 0. The maximum atomic E-state index is 11.8. The van der Waals surface area contributed by atoms with Crippen LogP contribution in [0.15, 0.2) is 4.99 Å². The zero-order valence-corrected chi connectivity index (χ0v) is 13.0. The minimum absolute atomic E-state index is 0.0813. The third kappa shape index (κ3) is 2.56. The van der Waals surface area contributed by atoms with Crippen molar-refractivity contribution < 1.29 is 4.79 Å². The summed E-state index contributed by atoms with van der Waals surface area (Å²) in [6, 6.07) is 0. The highest BCUT2D eigenvalue weighted by Gasteiger charge is 2.49. The monoisotopic (exact) mass is 264 g/mol. The first kappa shape index (κ1) is 14.5. The second-order valence-corrected chi connectivity index (χ2v) is 6.95. The zero-order chi connectivity index (χ0) is 14.3. The van der Waals surface area contributed by atoms with Gasteiger partial charge in [0.05, 0.1) is 5.54 Å². The zero-order valence-electron chi connectivity index (χ0n) is 13.0.